The summed E-state index contributed by atoms with van der Waals surface area (Å²) < 4.78 is 10.6. The van der Waals surface area contributed by atoms with Gasteiger partial charge in [0, 0.05) is 5.69 Å². The predicted molar refractivity (Wildman–Crippen MR) is 129 cm³/mol. The van der Waals surface area contributed by atoms with Gasteiger partial charge in [0.05, 0.1) is 17.0 Å². The molecule has 0 radical (unpaired) electrons. The molecule has 0 atom stereocenters. The van der Waals surface area contributed by atoms with Gasteiger partial charge in [0.25, 0.3) is 11.8 Å². The quantitative estimate of drug-likeness (QED) is 0.450. The molecule has 7 nitrogen and oxygen atoms in total. The maximum absolute atomic E-state index is 13.1. The van der Waals surface area contributed by atoms with Gasteiger partial charge in [0.15, 0.2) is 6.61 Å². The summed E-state index contributed by atoms with van der Waals surface area (Å²) >= 11 is 1.03. The molecule has 1 aromatic heterocycles. The number of ether oxygens (including phenoxy) is 2. The molecular formula is C25H26N2O5S. The molecule has 0 bridgehead atoms. The van der Waals surface area contributed by atoms with Crippen LogP contribution < -0.4 is 15.4 Å². The van der Waals surface area contributed by atoms with Crippen molar-refractivity contribution in [3.05, 3.63) is 75.7 Å². The van der Waals surface area contributed by atoms with E-state index in [2.05, 4.69) is 10.6 Å². The number of hydrogen-bond donors (Lipinski definition) is 2. The third-order valence-electron chi connectivity index (χ3n) is 4.84. The van der Waals surface area contributed by atoms with E-state index >= 15 is 0 Å². The average molecular weight is 467 g/mol. The van der Waals surface area contributed by atoms with Gasteiger partial charge in [-0.1, -0.05) is 30.3 Å². The lowest BCUT2D eigenvalue weighted by atomic mass is 10.1. The number of rotatable bonds is 8. The monoisotopic (exact) mass is 466 g/mol. The summed E-state index contributed by atoms with van der Waals surface area (Å²) in [7, 11) is 0. The number of benzene rings is 2. The predicted octanol–water partition coefficient (Wildman–Crippen LogP) is 5.12. The van der Waals surface area contributed by atoms with Crippen LogP contribution in [-0.2, 0) is 9.53 Å². The second kappa shape index (κ2) is 10.8. The van der Waals surface area contributed by atoms with E-state index in [4.69, 9.17) is 9.47 Å². The maximum Gasteiger partial charge on any atom is 0.341 e. The van der Waals surface area contributed by atoms with Crippen LogP contribution in [0, 0.1) is 20.8 Å². The number of para-hydroxylation sites is 1. The van der Waals surface area contributed by atoms with Gasteiger partial charge in [0.1, 0.15) is 10.8 Å². The van der Waals surface area contributed by atoms with Crippen molar-refractivity contribution in [3.8, 4) is 5.75 Å². The molecule has 33 heavy (non-hydrogen) atoms. The average Bonchev–Trinajstić information content (AvgIpc) is 3.11. The third kappa shape index (κ3) is 5.98. The second-order valence-corrected chi connectivity index (χ2v) is 8.42. The highest BCUT2D eigenvalue weighted by molar-refractivity contribution is 7.19. The van der Waals surface area contributed by atoms with Gasteiger partial charge >= 0.3 is 5.97 Å². The van der Waals surface area contributed by atoms with Gasteiger partial charge in [-0.05, 0) is 62.6 Å². The van der Waals surface area contributed by atoms with Crippen LogP contribution in [0.5, 0.6) is 5.75 Å². The standard InChI is InChI=1S/C25H26N2O5S/c1-5-31-25(30)21-17(4)22(23(29)26-19-13-15(2)11-12-16(19)3)33-24(21)27-20(28)14-32-18-9-7-6-8-10-18/h6-13H,5,14H2,1-4H3,(H,26,29)(H,27,28). The summed E-state index contributed by atoms with van der Waals surface area (Å²) in [6, 6.07) is 14.7. The van der Waals surface area contributed by atoms with Crippen LogP contribution in [-0.4, -0.2) is 31.0 Å². The number of aryl methyl sites for hydroxylation is 2. The largest absolute Gasteiger partial charge is 0.484 e. The normalized spacial score (nSPS) is 10.4. The molecule has 2 amide bonds. The SMILES string of the molecule is CCOC(=O)c1c(NC(=O)COc2ccccc2)sc(C(=O)Nc2cc(C)ccc2C)c1C. The Balaban J connectivity index is 1.84. The zero-order valence-corrected chi connectivity index (χ0v) is 19.8. The maximum atomic E-state index is 13.1. The van der Waals surface area contributed by atoms with Crippen molar-refractivity contribution in [1.82, 2.24) is 0 Å². The van der Waals surface area contributed by atoms with Gasteiger partial charge in [-0.3, -0.25) is 9.59 Å². The van der Waals surface area contributed by atoms with Crippen molar-refractivity contribution in [2.45, 2.75) is 27.7 Å². The molecule has 2 aromatic carbocycles. The first-order valence-corrected chi connectivity index (χ1v) is 11.3. The van der Waals surface area contributed by atoms with Crippen molar-refractivity contribution < 1.29 is 23.9 Å². The number of amides is 2. The number of hydrogen-bond acceptors (Lipinski definition) is 6. The lowest BCUT2D eigenvalue weighted by molar-refractivity contribution is -0.118. The van der Waals surface area contributed by atoms with Crippen molar-refractivity contribution in [2.24, 2.45) is 0 Å². The van der Waals surface area contributed by atoms with Crippen LogP contribution in [0.3, 0.4) is 0 Å². The zero-order chi connectivity index (χ0) is 24.0. The zero-order valence-electron chi connectivity index (χ0n) is 19.0. The van der Waals surface area contributed by atoms with Crippen molar-refractivity contribution in [3.63, 3.8) is 0 Å². The summed E-state index contributed by atoms with van der Waals surface area (Å²) in [5.41, 5.74) is 3.23. The Labute approximate surface area is 196 Å². The summed E-state index contributed by atoms with van der Waals surface area (Å²) in [5.74, 6) is -0.865. The number of carbonyl (C=O) groups is 3. The lowest BCUT2D eigenvalue weighted by Crippen LogP contribution is -2.21. The van der Waals surface area contributed by atoms with Crippen LogP contribution in [0.2, 0.25) is 0 Å². The molecule has 0 fully saturated rings. The molecule has 0 saturated heterocycles. The number of anilines is 2. The molecule has 172 valence electrons. The molecule has 0 spiro atoms. The number of carbonyl (C=O) groups excluding carboxylic acids is 3. The minimum atomic E-state index is -0.601. The van der Waals surface area contributed by atoms with Crippen LogP contribution >= 0.6 is 11.3 Å². The Morgan fingerprint density at radius 3 is 2.39 bits per heavy atom. The van der Waals surface area contributed by atoms with Crippen molar-refractivity contribution in [2.75, 3.05) is 23.8 Å². The Kier molecular flexibility index (Phi) is 7.84. The molecule has 3 aromatic rings. The fourth-order valence-corrected chi connectivity index (χ4v) is 4.25. The molecule has 1 heterocycles. The smallest absolute Gasteiger partial charge is 0.341 e. The Hall–Kier alpha value is -3.65. The van der Waals surface area contributed by atoms with Crippen LogP contribution in [0.15, 0.2) is 48.5 Å². The summed E-state index contributed by atoms with van der Waals surface area (Å²) in [6.45, 7) is 7.13. The van der Waals surface area contributed by atoms with Crippen LogP contribution in [0.25, 0.3) is 0 Å². The topological polar surface area (TPSA) is 93.7 Å². The van der Waals surface area contributed by atoms with Gasteiger partial charge in [-0.2, -0.15) is 0 Å². The first-order chi connectivity index (χ1) is 15.8. The Bertz CT molecular complexity index is 1170. The van der Waals surface area contributed by atoms with E-state index in [0.29, 0.717) is 21.9 Å². The molecule has 0 saturated carbocycles. The van der Waals surface area contributed by atoms with Crippen molar-refractivity contribution >= 4 is 39.8 Å². The van der Waals surface area contributed by atoms with Gasteiger partial charge in [-0.15, -0.1) is 11.3 Å². The first-order valence-electron chi connectivity index (χ1n) is 10.5. The molecule has 0 aliphatic rings. The van der Waals surface area contributed by atoms with E-state index in [1.54, 1.807) is 38.1 Å². The Morgan fingerprint density at radius 2 is 1.70 bits per heavy atom. The van der Waals surface area contributed by atoms with Crippen LogP contribution in [0.1, 0.15) is 43.6 Å². The number of nitrogens with one attached hydrogen (secondary N) is 2. The first kappa shape index (κ1) is 24.0. The third-order valence-corrected chi connectivity index (χ3v) is 6.05. The molecule has 8 heteroatoms. The highest BCUT2D eigenvalue weighted by Crippen LogP contribution is 2.34. The van der Waals surface area contributed by atoms with Gasteiger partial charge in [0.2, 0.25) is 0 Å². The van der Waals surface area contributed by atoms with E-state index in [1.165, 1.54) is 0 Å². The highest BCUT2D eigenvalue weighted by Gasteiger charge is 2.27. The fourth-order valence-electron chi connectivity index (χ4n) is 3.15. The molecular weight excluding hydrogens is 440 g/mol. The Morgan fingerprint density at radius 1 is 0.970 bits per heavy atom. The number of thiophene rings is 1. The van der Waals surface area contributed by atoms with E-state index in [9.17, 15) is 14.4 Å². The minimum absolute atomic E-state index is 0.168. The van der Waals surface area contributed by atoms with E-state index in [1.807, 2.05) is 38.1 Å². The minimum Gasteiger partial charge on any atom is -0.484 e. The van der Waals surface area contributed by atoms with Gasteiger partial charge in [-0.25, -0.2) is 4.79 Å². The molecule has 0 aliphatic heterocycles. The van der Waals surface area contributed by atoms with E-state index in [0.717, 1.165) is 22.5 Å². The molecule has 2 N–H and O–H groups in total. The van der Waals surface area contributed by atoms with E-state index in [-0.39, 0.29) is 29.7 Å². The molecule has 0 unspecified atom stereocenters. The second-order valence-electron chi connectivity index (χ2n) is 7.40. The molecule has 3 rings (SSSR count). The number of esters is 1. The fraction of sp³-hybridized carbons (Fsp3) is 0.240. The van der Waals surface area contributed by atoms with Crippen molar-refractivity contribution in [1.29, 1.82) is 0 Å². The lowest BCUT2D eigenvalue weighted by Gasteiger charge is -2.09. The summed E-state index contributed by atoms with van der Waals surface area (Å²) in [5, 5.41) is 5.84. The summed E-state index contributed by atoms with van der Waals surface area (Å²) in [4.78, 5) is 38.5. The van der Waals surface area contributed by atoms with Gasteiger partial charge < -0.3 is 20.1 Å². The molecule has 0 aliphatic carbocycles. The summed E-state index contributed by atoms with van der Waals surface area (Å²) in [6.07, 6.45) is 0. The van der Waals surface area contributed by atoms with E-state index < -0.39 is 11.9 Å². The highest BCUT2D eigenvalue weighted by atomic mass is 32.1. The van der Waals surface area contributed by atoms with Crippen LogP contribution in [0.4, 0.5) is 10.7 Å².